The number of nitrogens with one attached hydrogen (secondary N) is 1. The number of hydrogen-bond donors (Lipinski definition) is 1. The molecule has 0 fully saturated rings. The third-order valence-corrected chi connectivity index (χ3v) is 5.82. The van der Waals surface area contributed by atoms with Crippen LogP contribution in [0.5, 0.6) is 11.5 Å². The number of rotatable bonds is 12. The van der Waals surface area contributed by atoms with Crippen LogP contribution in [0.2, 0.25) is 0 Å². The van der Waals surface area contributed by atoms with Crippen LogP contribution in [-0.4, -0.2) is 43.0 Å². The van der Waals surface area contributed by atoms with E-state index in [0.717, 1.165) is 35.1 Å². The van der Waals surface area contributed by atoms with Crippen molar-refractivity contribution in [2.45, 2.75) is 66.5 Å². The summed E-state index contributed by atoms with van der Waals surface area (Å²) in [5.74, 6) is 1.05. The minimum absolute atomic E-state index is 0.132. The second-order valence-electron chi connectivity index (χ2n) is 8.44. The molecular weight excluding hydrogens is 416 g/mol. The summed E-state index contributed by atoms with van der Waals surface area (Å²) in [6, 6.07) is 11.0. The van der Waals surface area contributed by atoms with E-state index in [1.165, 1.54) is 0 Å². The predicted octanol–water partition coefficient (Wildman–Crippen LogP) is 4.72. The Bertz CT molecular complexity index is 942. The molecule has 6 heteroatoms. The maximum atomic E-state index is 13.4. The Morgan fingerprint density at radius 1 is 1.09 bits per heavy atom. The molecule has 0 aliphatic rings. The predicted molar refractivity (Wildman–Crippen MR) is 132 cm³/mol. The first-order valence-corrected chi connectivity index (χ1v) is 11.7. The van der Waals surface area contributed by atoms with Crippen molar-refractivity contribution in [3.63, 3.8) is 0 Å². The van der Waals surface area contributed by atoms with Gasteiger partial charge in [-0.25, -0.2) is 0 Å². The van der Waals surface area contributed by atoms with Gasteiger partial charge in [0.15, 0.2) is 6.61 Å². The molecule has 2 aromatic carbocycles. The van der Waals surface area contributed by atoms with Crippen LogP contribution in [0.4, 0.5) is 0 Å². The van der Waals surface area contributed by atoms with Crippen LogP contribution >= 0.6 is 0 Å². The molecule has 0 radical (unpaired) electrons. The summed E-state index contributed by atoms with van der Waals surface area (Å²) < 4.78 is 11.3. The fourth-order valence-electron chi connectivity index (χ4n) is 3.77. The molecule has 1 atom stereocenters. The summed E-state index contributed by atoms with van der Waals surface area (Å²) in [5.41, 5.74) is 4.10. The summed E-state index contributed by atoms with van der Waals surface area (Å²) in [6.07, 6.45) is 2.41. The van der Waals surface area contributed by atoms with Crippen LogP contribution < -0.4 is 14.8 Å². The lowest BCUT2D eigenvalue weighted by Gasteiger charge is -2.30. The summed E-state index contributed by atoms with van der Waals surface area (Å²) in [6.45, 7) is 10.8. The minimum Gasteiger partial charge on any atom is -0.497 e. The lowest BCUT2D eigenvalue weighted by atomic mass is 10.1. The number of unbranched alkanes of at least 4 members (excludes halogenated alkanes) is 1. The van der Waals surface area contributed by atoms with E-state index in [2.05, 4.69) is 18.3 Å². The monoisotopic (exact) mass is 454 g/mol. The molecule has 2 amide bonds. The molecule has 0 aliphatic heterocycles. The molecule has 0 spiro atoms. The van der Waals surface area contributed by atoms with Gasteiger partial charge in [0.05, 0.1) is 7.11 Å². The zero-order valence-corrected chi connectivity index (χ0v) is 20.9. The molecule has 0 bridgehead atoms. The number of ether oxygens (including phenoxy) is 2. The van der Waals surface area contributed by atoms with Crippen LogP contribution in [0.15, 0.2) is 36.4 Å². The van der Waals surface area contributed by atoms with Gasteiger partial charge in [-0.3, -0.25) is 9.59 Å². The molecule has 1 unspecified atom stereocenters. The second-order valence-corrected chi connectivity index (χ2v) is 8.44. The van der Waals surface area contributed by atoms with Crippen LogP contribution in [0.3, 0.4) is 0 Å². The van der Waals surface area contributed by atoms with Crippen molar-refractivity contribution in [3.05, 3.63) is 58.7 Å². The third-order valence-electron chi connectivity index (χ3n) is 5.82. The maximum Gasteiger partial charge on any atom is 0.261 e. The highest BCUT2D eigenvalue weighted by Crippen LogP contribution is 2.24. The van der Waals surface area contributed by atoms with E-state index in [1.54, 1.807) is 12.0 Å². The average molecular weight is 455 g/mol. The van der Waals surface area contributed by atoms with E-state index in [0.29, 0.717) is 31.0 Å². The Morgan fingerprint density at radius 3 is 2.52 bits per heavy atom. The highest BCUT2D eigenvalue weighted by atomic mass is 16.5. The van der Waals surface area contributed by atoms with Gasteiger partial charge >= 0.3 is 0 Å². The van der Waals surface area contributed by atoms with Gasteiger partial charge < -0.3 is 19.7 Å². The SMILES string of the molecule is CCCCNC(=O)C(CC)N(Cc1cccc(OC)c1)C(=O)COc1cc(C)cc(C)c1C. The first kappa shape index (κ1) is 26.2. The first-order chi connectivity index (χ1) is 15.8. The molecule has 0 heterocycles. The molecule has 0 saturated carbocycles. The Kier molecular flexibility index (Phi) is 10.2. The normalized spacial score (nSPS) is 11.6. The zero-order chi connectivity index (χ0) is 24.4. The minimum atomic E-state index is -0.579. The van der Waals surface area contributed by atoms with Gasteiger partial charge in [-0.2, -0.15) is 0 Å². The van der Waals surface area contributed by atoms with Crippen molar-refractivity contribution in [2.75, 3.05) is 20.3 Å². The Balaban J connectivity index is 2.25. The number of amides is 2. The topological polar surface area (TPSA) is 67.9 Å². The van der Waals surface area contributed by atoms with E-state index in [9.17, 15) is 9.59 Å². The number of methoxy groups -OCH3 is 1. The largest absolute Gasteiger partial charge is 0.497 e. The molecule has 0 aromatic heterocycles. The van der Waals surface area contributed by atoms with Crippen molar-refractivity contribution < 1.29 is 19.1 Å². The lowest BCUT2D eigenvalue weighted by molar-refractivity contribution is -0.143. The van der Waals surface area contributed by atoms with Gasteiger partial charge in [0.2, 0.25) is 5.91 Å². The number of carbonyl (C=O) groups excluding carboxylic acids is 2. The Morgan fingerprint density at radius 2 is 1.85 bits per heavy atom. The number of hydrogen-bond acceptors (Lipinski definition) is 4. The average Bonchev–Trinajstić information content (AvgIpc) is 2.80. The lowest BCUT2D eigenvalue weighted by Crippen LogP contribution is -2.50. The van der Waals surface area contributed by atoms with E-state index in [-0.39, 0.29) is 18.4 Å². The first-order valence-electron chi connectivity index (χ1n) is 11.7. The van der Waals surface area contributed by atoms with Gasteiger partial charge in [-0.05, 0) is 74.1 Å². The van der Waals surface area contributed by atoms with Crippen LogP contribution in [0.1, 0.15) is 55.4 Å². The van der Waals surface area contributed by atoms with Crippen LogP contribution in [-0.2, 0) is 16.1 Å². The summed E-state index contributed by atoms with van der Waals surface area (Å²) in [7, 11) is 1.61. The quantitative estimate of drug-likeness (QED) is 0.471. The standard InChI is InChI=1S/C27H38N2O4/c1-7-9-13-28-27(31)24(8-2)29(17-22-11-10-12-23(16-22)32-6)26(30)18-33-25-15-19(3)14-20(4)21(25)5/h10-12,14-16,24H,7-9,13,17-18H2,1-6H3,(H,28,31). The van der Waals surface area contributed by atoms with Crippen molar-refractivity contribution in [1.82, 2.24) is 10.2 Å². The van der Waals surface area contributed by atoms with E-state index < -0.39 is 6.04 Å². The molecular formula is C27H38N2O4. The second kappa shape index (κ2) is 12.9. The van der Waals surface area contributed by atoms with E-state index in [4.69, 9.17) is 9.47 Å². The summed E-state index contributed by atoms with van der Waals surface area (Å²) in [4.78, 5) is 28.0. The van der Waals surface area contributed by atoms with Crippen molar-refractivity contribution in [3.8, 4) is 11.5 Å². The van der Waals surface area contributed by atoms with Crippen molar-refractivity contribution >= 4 is 11.8 Å². The highest BCUT2D eigenvalue weighted by molar-refractivity contribution is 5.88. The fourth-order valence-corrected chi connectivity index (χ4v) is 3.77. The molecule has 2 rings (SSSR count). The Labute approximate surface area is 198 Å². The third kappa shape index (κ3) is 7.52. The van der Waals surface area contributed by atoms with Gasteiger partial charge in [0.25, 0.3) is 5.91 Å². The molecule has 33 heavy (non-hydrogen) atoms. The van der Waals surface area contributed by atoms with Gasteiger partial charge in [-0.1, -0.05) is 38.5 Å². The fraction of sp³-hybridized carbons (Fsp3) is 0.481. The van der Waals surface area contributed by atoms with Crippen molar-refractivity contribution in [1.29, 1.82) is 0 Å². The number of nitrogens with zero attached hydrogens (tertiary/aromatic N) is 1. The van der Waals surface area contributed by atoms with Gasteiger partial charge in [0, 0.05) is 13.1 Å². The number of benzene rings is 2. The van der Waals surface area contributed by atoms with Gasteiger partial charge in [-0.15, -0.1) is 0 Å². The molecule has 6 nitrogen and oxygen atoms in total. The molecule has 1 N–H and O–H groups in total. The summed E-state index contributed by atoms with van der Waals surface area (Å²) >= 11 is 0. The summed E-state index contributed by atoms with van der Waals surface area (Å²) in [5, 5.41) is 2.98. The zero-order valence-electron chi connectivity index (χ0n) is 20.9. The van der Waals surface area contributed by atoms with Crippen molar-refractivity contribution in [2.24, 2.45) is 0 Å². The molecule has 180 valence electrons. The molecule has 2 aromatic rings. The van der Waals surface area contributed by atoms with E-state index in [1.807, 2.05) is 58.0 Å². The number of aryl methyl sites for hydroxylation is 2. The van der Waals surface area contributed by atoms with Crippen LogP contribution in [0, 0.1) is 20.8 Å². The number of carbonyl (C=O) groups is 2. The van der Waals surface area contributed by atoms with Gasteiger partial charge in [0.1, 0.15) is 17.5 Å². The molecule has 0 saturated heterocycles. The maximum absolute atomic E-state index is 13.4. The van der Waals surface area contributed by atoms with Crippen LogP contribution in [0.25, 0.3) is 0 Å². The van der Waals surface area contributed by atoms with E-state index >= 15 is 0 Å². The molecule has 0 aliphatic carbocycles. The smallest absolute Gasteiger partial charge is 0.261 e. The Hall–Kier alpha value is -3.02. The highest BCUT2D eigenvalue weighted by Gasteiger charge is 2.29.